The minimum atomic E-state index is 0.0297. The number of ether oxygens (including phenoxy) is 1. The van der Waals surface area contributed by atoms with E-state index in [1.54, 1.807) is 7.11 Å². The summed E-state index contributed by atoms with van der Waals surface area (Å²) in [4.78, 5) is 2.61. The lowest BCUT2D eigenvalue weighted by molar-refractivity contribution is 0.335. The molecular formula is C23H29NO. The molecule has 0 bridgehead atoms. The first-order valence-electron chi connectivity index (χ1n) is 9.38. The van der Waals surface area contributed by atoms with E-state index < -0.39 is 0 Å². The minimum absolute atomic E-state index is 0.0297. The van der Waals surface area contributed by atoms with Crippen molar-refractivity contribution < 1.29 is 4.74 Å². The van der Waals surface area contributed by atoms with Crippen molar-refractivity contribution in [3.05, 3.63) is 59.2 Å². The second-order valence-electron chi connectivity index (χ2n) is 8.80. The zero-order chi connectivity index (χ0) is 17.8. The van der Waals surface area contributed by atoms with Gasteiger partial charge in [-0.25, -0.2) is 0 Å². The standard InChI is InChI=1S/C23H29NO/c1-22(2)13-14-24-15-18(16-9-7-6-8-10-16)23(3,4)20-19(25-5)12-11-17(22)21(20)24/h6-12,18H,13-15H2,1-5H3. The predicted octanol–water partition coefficient (Wildman–Crippen LogP) is 5.26. The zero-order valence-corrected chi connectivity index (χ0v) is 16.1. The largest absolute Gasteiger partial charge is 0.496 e. The lowest BCUT2D eigenvalue weighted by atomic mass is 9.63. The molecular weight excluding hydrogens is 306 g/mol. The Morgan fingerprint density at radius 2 is 1.72 bits per heavy atom. The van der Waals surface area contributed by atoms with Gasteiger partial charge in [0.15, 0.2) is 0 Å². The van der Waals surface area contributed by atoms with E-state index in [9.17, 15) is 0 Å². The van der Waals surface area contributed by atoms with Crippen LogP contribution in [-0.2, 0) is 10.8 Å². The summed E-state index contributed by atoms with van der Waals surface area (Å²) in [5.74, 6) is 1.50. The van der Waals surface area contributed by atoms with Crippen molar-refractivity contribution >= 4 is 5.69 Å². The normalized spacial score (nSPS) is 23.1. The maximum absolute atomic E-state index is 5.85. The molecule has 2 aromatic carbocycles. The van der Waals surface area contributed by atoms with E-state index >= 15 is 0 Å². The molecule has 0 amide bonds. The van der Waals surface area contributed by atoms with Gasteiger partial charge in [-0.2, -0.15) is 0 Å². The Labute approximate surface area is 151 Å². The summed E-state index contributed by atoms with van der Waals surface area (Å²) in [5, 5.41) is 0. The summed E-state index contributed by atoms with van der Waals surface area (Å²) in [7, 11) is 1.80. The highest BCUT2D eigenvalue weighted by Gasteiger charge is 2.46. The lowest BCUT2D eigenvalue weighted by Gasteiger charge is -2.52. The number of anilines is 1. The fourth-order valence-corrected chi connectivity index (χ4v) is 4.91. The first-order chi connectivity index (χ1) is 11.9. The molecule has 2 aromatic rings. The molecule has 4 rings (SSSR count). The van der Waals surface area contributed by atoms with Gasteiger partial charge in [0.25, 0.3) is 0 Å². The minimum Gasteiger partial charge on any atom is -0.496 e. The first-order valence-corrected chi connectivity index (χ1v) is 9.38. The number of hydrogen-bond donors (Lipinski definition) is 0. The monoisotopic (exact) mass is 335 g/mol. The number of rotatable bonds is 2. The molecule has 0 N–H and O–H groups in total. The summed E-state index contributed by atoms with van der Waals surface area (Å²) < 4.78 is 5.85. The molecule has 0 saturated heterocycles. The van der Waals surface area contributed by atoms with Gasteiger partial charge in [-0.1, -0.05) is 64.1 Å². The molecule has 132 valence electrons. The van der Waals surface area contributed by atoms with Gasteiger partial charge in [0.1, 0.15) is 5.75 Å². The van der Waals surface area contributed by atoms with Crippen LogP contribution in [0.25, 0.3) is 0 Å². The molecule has 0 aromatic heterocycles. The van der Waals surface area contributed by atoms with Crippen molar-refractivity contribution in [1.82, 2.24) is 0 Å². The van der Waals surface area contributed by atoms with Gasteiger partial charge >= 0.3 is 0 Å². The van der Waals surface area contributed by atoms with Gasteiger partial charge in [0, 0.05) is 35.7 Å². The highest BCUT2D eigenvalue weighted by atomic mass is 16.5. The van der Waals surface area contributed by atoms with Gasteiger partial charge in [-0.05, 0) is 29.0 Å². The van der Waals surface area contributed by atoms with Crippen LogP contribution in [0.2, 0.25) is 0 Å². The van der Waals surface area contributed by atoms with Crippen LogP contribution in [0.15, 0.2) is 42.5 Å². The number of nitrogens with zero attached hydrogens (tertiary/aromatic N) is 1. The van der Waals surface area contributed by atoms with Crippen molar-refractivity contribution in [1.29, 1.82) is 0 Å². The van der Waals surface area contributed by atoms with E-state index in [4.69, 9.17) is 4.74 Å². The van der Waals surface area contributed by atoms with Crippen LogP contribution in [-0.4, -0.2) is 20.2 Å². The van der Waals surface area contributed by atoms with E-state index in [1.165, 1.54) is 28.8 Å². The van der Waals surface area contributed by atoms with E-state index in [0.29, 0.717) is 5.92 Å². The number of methoxy groups -OCH3 is 1. The van der Waals surface area contributed by atoms with Crippen LogP contribution in [0, 0.1) is 0 Å². The topological polar surface area (TPSA) is 12.5 Å². The van der Waals surface area contributed by atoms with E-state index in [-0.39, 0.29) is 10.8 Å². The molecule has 2 heterocycles. The molecule has 2 aliphatic rings. The Bertz CT molecular complexity index is 791. The molecule has 25 heavy (non-hydrogen) atoms. The highest BCUT2D eigenvalue weighted by Crippen LogP contribution is 2.56. The van der Waals surface area contributed by atoms with E-state index in [0.717, 1.165) is 18.8 Å². The fraction of sp³-hybridized carbons (Fsp3) is 0.478. The molecule has 2 nitrogen and oxygen atoms in total. The summed E-state index contributed by atoms with van der Waals surface area (Å²) in [6.45, 7) is 11.7. The van der Waals surface area contributed by atoms with E-state index in [2.05, 4.69) is 75.1 Å². The second kappa shape index (κ2) is 5.52. The Balaban J connectivity index is 1.96. The average molecular weight is 335 g/mol. The first kappa shape index (κ1) is 16.5. The quantitative estimate of drug-likeness (QED) is 0.742. The van der Waals surface area contributed by atoms with Crippen molar-refractivity contribution in [2.45, 2.75) is 50.9 Å². The maximum Gasteiger partial charge on any atom is 0.124 e. The molecule has 2 aliphatic heterocycles. The molecule has 0 fully saturated rings. The Kier molecular flexibility index (Phi) is 3.64. The lowest BCUT2D eigenvalue weighted by Crippen LogP contribution is -2.48. The van der Waals surface area contributed by atoms with Gasteiger partial charge in [-0.15, -0.1) is 0 Å². The van der Waals surface area contributed by atoms with Crippen LogP contribution in [0.3, 0.4) is 0 Å². The van der Waals surface area contributed by atoms with Crippen LogP contribution >= 0.6 is 0 Å². The number of benzene rings is 2. The van der Waals surface area contributed by atoms with Crippen molar-refractivity contribution in [3.8, 4) is 5.75 Å². The van der Waals surface area contributed by atoms with Crippen LogP contribution in [0.1, 0.15) is 56.7 Å². The Hall–Kier alpha value is -1.96. The molecule has 0 saturated carbocycles. The summed E-state index contributed by atoms with van der Waals surface area (Å²) in [5.41, 5.74) is 5.99. The van der Waals surface area contributed by atoms with E-state index in [1.807, 2.05) is 0 Å². The van der Waals surface area contributed by atoms with Crippen LogP contribution in [0.5, 0.6) is 5.75 Å². The van der Waals surface area contributed by atoms with Crippen LogP contribution in [0.4, 0.5) is 5.69 Å². The summed E-state index contributed by atoms with van der Waals surface area (Å²) >= 11 is 0. The summed E-state index contributed by atoms with van der Waals surface area (Å²) in [6, 6.07) is 15.5. The van der Waals surface area contributed by atoms with Gasteiger partial charge in [-0.3, -0.25) is 0 Å². The second-order valence-corrected chi connectivity index (χ2v) is 8.80. The van der Waals surface area contributed by atoms with Crippen LogP contribution < -0.4 is 9.64 Å². The SMILES string of the molecule is COc1ccc2c3c1C(C)(C)C(c1ccccc1)CN3CCC2(C)C. The fourth-order valence-electron chi connectivity index (χ4n) is 4.91. The Morgan fingerprint density at radius 1 is 1.00 bits per heavy atom. The molecule has 0 radical (unpaired) electrons. The van der Waals surface area contributed by atoms with Gasteiger partial charge < -0.3 is 9.64 Å². The van der Waals surface area contributed by atoms with Crippen molar-refractivity contribution in [2.24, 2.45) is 0 Å². The highest BCUT2D eigenvalue weighted by molar-refractivity contribution is 5.72. The summed E-state index contributed by atoms with van der Waals surface area (Å²) in [6.07, 6.45) is 1.20. The predicted molar refractivity (Wildman–Crippen MR) is 105 cm³/mol. The molecule has 0 spiro atoms. The van der Waals surface area contributed by atoms with Gasteiger partial charge in [0.05, 0.1) is 7.11 Å². The third-order valence-corrected chi connectivity index (χ3v) is 6.53. The maximum atomic E-state index is 5.85. The zero-order valence-electron chi connectivity index (χ0n) is 16.1. The van der Waals surface area contributed by atoms with Gasteiger partial charge in [0.2, 0.25) is 0 Å². The molecule has 1 atom stereocenters. The van der Waals surface area contributed by atoms with Crippen molar-refractivity contribution in [3.63, 3.8) is 0 Å². The number of hydrogen-bond acceptors (Lipinski definition) is 2. The average Bonchev–Trinajstić information content (AvgIpc) is 2.60. The Morgan fingerprint density at radius 3 is 2.40 bits per heavy atom. The molecule has 2 heteroatoms. The smallest absolute Gasteiger partial charge is 0.124 e. The van der Waals surface area contributed by atoms with Crippen molar-refractivity contribution in [2.75, 3.05) is 25.1 Å². The third-order valence-electron chi connectivity index (χ3n) is 6.53. The molecule has 0 aliphatic carbocycles. The molecule has 1 unspecified atom stereocenters. The third kappa shape index (κ3) is 2.38.